The van der Waals surface area contributed by atoms with Crippen LogP contribution < -0.4 is 10.6 Å². The first-order chi connectivity index (χ1) is 14.0. The number of carbonyl (C=O) groups excluding carboxylic acids is 3. The number of hydrogen-bond donors (Lipinski definition) is 2. The molecule has 0 aromatic heterocycles. The molecule has 12 heteroatoms. The van der Waals surface area contributed by atoms with Gasteiger partial charge in [-0.15, -0.1) is 0 Å². The summed E-state index contributed by atoms with van der Waals surface area (Å²) in [7, 11) is 0. The highest BCUT2D eigenvalue weighted by molar-refractivity contribution is 6.36. The molecule has 0 saturated heterocycles. The van der Waals surface area contributed by atoms with E-state index < -0.39 is 47.7 Å². The predicted molar refractivity (Wildman–Crippen MR) is 105 cm³/mol. The van der Waals surface area contributed by atoms with Crippen LogP contribution >= 0.6 is 34.8 Å². The van der Waals surface area contributed by atoms with Crippen LogP contribution in [-0.4, -0.2) is 30.9 Å². The number of anilines is 1. The fourth-order valence-corrected chi connectivity index (χ4v) is 2.85. The monoisotopic (exact) mass is 482 g/mol. The summed E-state index contributed by atoms with van der Waals surface area (Å²) in [6.45, 7) is -1.34. The molecule has 30 heavy (non-hydrogen) atoms. The Morgan fingerprint density at radius 2 is 1.67 bits per heavy atom. The Labute approximate surface area is 183 Å². The average Bonchev–Trinajstić information content (AvgIpc) is 2.65. The van der Waals surface area contributed by atoms with Gasteiger partial charge in [0.15, 0.2) is 6.61 Å². The third kappa shape index (κ3) is 6.79. The molecule has 0 heterocycles. The molecular formula is C18H12Cl3F3N2O4. The molecule has 0 aliphatic heterocycles. The van der Waals surface area contributed by atoms with Gasteiger partial charge >= 0.3 is 12.1 Å². The zero-order chi connectivity index (χ0) is 22.5. The number of halogens is 6. The maximum Gasteiger partial charge on any atom is 0.417 e. The van der Waals surface area contributed by atoms with E-state index in [1.54, 1.807) is 0 Å². The summed E-state index contributed by atoms with van der Waals surface area (Å²) < 4.78 is 43.1. The Kier molecular flexibility index (Phi) is 7.94. The standard InChI is InChI=1S/C18H12Cl3F3N2O4/c19-9-1-3-11(14(21)5-9)17(29)25-7-16(28)30-8-15(27)26-10-2-4-13(20)12(6-10)18(22,23)24/h1-6H,7-8H2,(H,25,29)(H,26,27). The molecule has 160 valence electrons. The van der Waals surface area contributed by atoms with Gasteiger partial charge < -0.3 is 15.4 Å². The number of carbonyl (C=O) groups is 3. The maximum atomic E-state index is 12.8. The van der Waals surface area contributed by atoms with Crippen molar-refractivity contribution in [2.45, 2.75) is 6.18 Å². The van der Waals surface area contributed by atoms with E-state index in [1.807, 2.05) is 0 Å². The maximum absolute atomic E-state index is 12.8. The van der Waals surface area contributed by atoms with Gasteiger partial charge in [0, 0.05) is 10.7 Å². The topological polar surface area (TPSA) is 84.5 Å². The van der Waals surface area contributed by atoms with E-state index in [4.69, 9.17) is 34.8 Å². The number of hydrogen-bond acceptors (Lipinski definition) is 4. The molecule has 0 aliphatic carbocycles. The van der Waals surface area contributed by atoms with Gasteiger partial charge in [-0.1, -0.05) is 34.8 Å². The fourth-order valence-electron chi connectivity index (χ4n) is 2.14. The first-order valence-corrected chi connectivity index (χ1v) is 9.16. The van der Waals surface area contributed by atoms with E-state index >= 15 is 0 Å². The summed E-state index contributed by atoms with van der Waals surface area (Å²) in [6.07, 6.45) is -4.70. The number of nitrogens with one attached hydrogen (secondary N) is 2. The normalized spacial score (nSPS) is 11.0. The fraction of sp³-hybridized carbons (Fsp3) is 0.167. The SMILES string of the molecule is O=C(COC(=O)CNC(=O)c1ccc(Cl)cc1Cl)Nc1ccc(Cl)c(C(F)(F)F)c1. The van der Waals surface area contributed by atoms with Crippen LogP contribution in [0.4, 0.5) is 18.9 Å². The van der Waals surface area contributed by atoms with Crippen LogP contribution in [0.15, 0.2) is 36.4 Å². The molecule has 0 bridgehead atoms. The van der Waals surface area contributed by atoms with Gasteiger partial charge in [0.2, 0.25) is 0 Å². The first-order valence-electron chi connectivity index (χ1n) is 8.03. The lowest BCUT2D eigenvalue weighted by Gasteiger charge is -2.12. The van der Waals surface area contributed by atoms with Crippen molar-refractivity contribution in [1.82, 2.24) is 5.32 Å². The molecule has 2 N–H and O–H groups in total. The molecule has 0 unspecified atom stereocenters. The van der Waals surface area contributed by atoms with Crippen molar-refractivity contribution in [3.8, 4) is 0 Å². The van der Waals surface area contributed by atoms with Gasteiger partial charge in [-0.05, 0) is 36.4 Å². The van der Waals surface area contributed by atoms with Crippen LogP contribution in [0.1, 0.15) is 15.9 Å². The molecule has 0 radical (unpaired) electrons. The Balaban J connectivity index is 1.83. The number of esters is 1. The molecule has 2 amide bonds. The lowest BCUT2D eigenvalue weighted by molar-refractivity contribution is -0.146. The number of rotatable bonds is 6. The minimum absolute atomic E-state index is 0.0777. The lowest BCUT2D eigenvalue weighted by Crippen LogP contribution is -2.32. The minimum Gasteiger partial charge on any atom is -0.454 e. The van der Waals surface area contributed by atoms with Crippen LogP contribution in [0.5, 0.6) is 0 Å². The van der Waals surface area contributed by atoms with Crippen LogP contribution in [0.2, 0.25) is 15.1 Å². The summed E-state index contributed by atoms with van der Waals surface area (Å²) in [6, 6.07) is 6.93. The van der Waals surface area contributed by atoms with Crippen molar-refractivity contribution < 1.29 is 32.3 Å². The highest BCUT2D eigenvalue weighted by Crippen LogP contribution is 2.36. The molecule has 0 fully saturated rings. The minimum atomic E-state index is -4.70. The van der Waals surface area contributed by atoms with Gasteiger partial charge in [0.05, 0.1) is 21.2 Å². The highest BCUT2D eigenvalue weighted by atomic mass is 35.5. The van der Waals surface area contributed by atoms with Crippen molar-refractivity contribution in [2.75, 3.05) is 18.5 Å². The second-order valence-corrected chi connectivity index (χ2v) is 6.96. The number of amides is 2. The molecule has 0 spiro atoms. The van der Waals surface area contributed by atoms with Crippen LogP contribution in [0, 0.1) is 0 Å². The smallest absolute Gasteiger partial charge is 0.417 e. The Bertz CT molecular complexity index is 984. The Morgan fingerprint density at radius 1 is 0.967 bits per heavy atom. The van der Waals surface area contributed by atoms with E-state index in [9.17, 15) is 27.6 Å². The van der Waals surface area contributed by atoms with Gasteiger partial charge in [-0.3, -0.25) is 14.4 Å². The zero-order valence-corrected chi connectivity index (χ0v) is 17.0. The van der Waals surface area contributed by atoms with Crippen LogP contribution in [-0.2, 0) is 20.5 Å². The van der Waals surface area contributed by atoms with Crippen molar-refractivity contribution in [3.05, 3.63) is 62.6 Å². The van der Waals surface area contributed by atoms with E-state index in [0.717, 1.165) is 12.1 Å². The van der Waals surface area contributed by atoms with Crippen molar-refractivity contribution >= 4 is 58.3 Å². The largest absolute Gasteiger partial charge is 0.454 e. The summed E-state index contributed by atoms with van der Waals surface area (Å²) in [5.41, 5.74) is -1.23. The van der Waals surface area contributed by atoms with Gasteiger partial charge in [0.1, 0.15) is 6.54 Å². The average molecular weight is 484 g/mol. The van der Waals surface area contributed by atoms with Crippen molar-refractivity contribution in [3.63, 3.8) is 0 Å². The van der Waals surface area contributed by atoms with E-state index in [2.05, 4.69) is 15.4 Å². The summed E-state index contributed by atoms with van der Waals surface area (Å²) in [4.78, 5) is 35.4. The number of ether oxygens (including phenoxy) is 1. The lowest BCUT2D eigenvalue weighted by atomic mass is 10.2. The molecule has 0 aliphatic rings. The van der Waals surface area contributed by atoms with Crippen LogP contribution in [0.25, 0.3) is 0 Å². The van der Waals surface area contributed by atoms with E-state index in [-0.39, 0.29) is 16.3 Å². The Morgan fingerprint density at radius 3 is 2.30 bits per heavy atom. The molecule has 0 saturated carbocycles. The van der Waals surface area contributed by atoms with Gasteiger partial charge in [-0.25, -0.2) is 0 Å². The quantitative estimate of drug-likeness (QED) is 0.589. The van der Waals surface area contributed by atoms with E-state index in [0.29, 0.717) is 11.1 Å². The molecule has 6 nitrogen and oxygen atoms in total. The summed E-state index contributed by atoms with van der Waals surface area (Å²) >= 11 is 17.1. The molecule has 2 aromatic carbocycles. The summed E-state index contributed by atoms with van der Waals surface area (Å²) in [5.74, 6) is -2.50. The van der Waals surface area contributed by atoms with E-state index in [1.165, 1.54) is 18.2 Å². The molecule has 2 rings (SSSR count). The third-order valence-corrected chi connectivity index (χ3v) is 4.37. The number of benzene rings is 2. The third-order valence-electron chi connectivity index (χ3n) is 3.49. The zero-order valence-electron chi connectivity index (χ0n) is 14.8. The highest BCUT2D eigenvalue weighted by Gasteiger charge is 2.33. The second kappa shape index (κ2) is 10.0. The van der Waals surface area contributed by atoms with Crippen LogP contribution in [0.3, 0.4) is 0 Å². The summed E-state index contributed by atoms with van der Waals surface area (Å²) in [5, 5.41) is 4.28. The molecule has 0 atom stereocenters. The number of alkyl halides is 3. The first kappa shape index (κ1) is 23.8. The molecule has 2 aromatic rings. The second-order valence-electron chi connectivity index (χ2n) is 5.71. The predicted octanol–water partition coefficient (Wildman–Crippen LogP) is 4.58. The van der Waals surface area contributed by atoms with Crippen molar-refractivity contribution in [2.24, 2.45) is 0 Å². The van der Waals surface area contributed by atoms with Gasteiger partial charge in [0.25, 0.3) is 11.8 Å². The molecular weight excluding hydrogens is 472 g/mol. The Hall–Kier alpha value is -2.49. The van der Waals surface area contributed by atoms with Gasteiger partial charge in [-0.2, -0.15) is 13.2 Å². The van der Waals surface area contributed by atoms with Crippen molar-refractivity contribution in [1.29, 1.82) is 0 Å².